The summed E-state index contributed by atoms with van der Waals surface area (Å²) in [7, 11) is 0. The molecular weight excluding hydrogens is 252 g/mol. The quantitative estimate of drug-likeness (QED) is 0.688. The number of carbonyl (C=O) groups excluding carboxylic acids is 1. The number of hydrogen-bond acceptors (Lipinski definition) is 3. The second kappa shape index (κ2) is 5.67. The van der Waals surface area contributed by atoms with E-state index in [4.69, 9.17) is 9.47 Å². The van der Waals surface area contributed by atoms with E-state index in [1.807, 2.05) is 20.8 Å². The molecular formula is C17H30O3. The highest BCUT2D eigenvalue weighted by atomic mass is 16.6. The molecule has 0 saturated carbocycles. The van der Waals surface area contributed by atoms with Crippen molar-refractivity contribution in [3.05, 3.63) is 0 Å². The van der Waals surface area contributed by atoms with Crippen LogP contribution in [0.5, 0.6) is 0 Å². The summed E-state index contributed by atoms with van der Waals surface area (Å²) in [6.07, 6.45) is 6.65. The first-order valence-electron chi connectivity index (χ1n) is 8.27. The van der Waals surface area contributed by atoms with Crippen LogP contribution in [-0.2, 0) is 14.3 Å². The molecule has 0 radical (unpaired) electrons. The van der Waals surface area contributed by atoms with E-state index >= 15 is 0 Å². The number of esters is 1. The summed E-state index contributed by atoms with van der Waals surface area (Å²) < 4.78 is 12.1. The van der Waals surface area contributed by atoms with Crippen molar-refractivity contribution < 1.29 is 14.3 Å². The topological polar surface area (TPSA) is 35.5 Å². The van der Waals surface area contributed by atoms with E-state index in [2.05, 4.69) is 13.8 Å². The highest BCUT2D eigenvalue weighted by Crippen LogP contribution is 2.48. The third-order valence-corrected chi connectivity index (χ3v) is 5.71. The van der Waals surface area contributed by atoms with Crippen molar-refractivity contribution in [1.29, 1.82) is 0 Å². The van der Waals surface area contributed by atoms with E-state index in [1.54, 1.807) is 0 Å². The van der Waals surface area contributed by atoms with E-state index in [1.165, 1.54) is 6.42 Å². The van der Waals surface area contributed by atoms with Crippen LogP contribution in [0.25, 0.3) is 0 Å². The van der Waals surface area contributed by atoms with Crippen molar-refractivity contribution in [2.75, 3.05) is 0 Å². The van der Waals surface area contributed by atoms with Gasteiger partial charge in [0.25, 0.3) is 0 Å². The van der Waals surface area contributed by atoms with Gasteiger partial charge >= 0.3 is 5.97 Å². The van der Waals surface area contributed by atoms with Crippen molar-refractivity contribution in [3.63, 3.8) is 0 Å². The summed E-state index contributed by atoms with van der Waals surface area (Å²) in [5, 5.41) is 0. The molecule has 0 aromatic heterocycles. The molecule has 3 heteroatoms. The summed E-state index contributed by atoms with van der Waals surface area (Å²) >= 11 is 0. The average Bonchev–Trinajstić information content (AvgIpc) is 3.07. The van der Waals surface area contributed by atoms with Crippen molar-refractivity contribution in [2.24, 2.45) is 11.3 Å². The lowest BCUT2D eigenvalue weighted by atomic mass is 9.73. The van der Waals surface area contributed by atoms with Gasteiger partial charge in [-0.25, -0.2) is 0 Å². The molecule has 0 aromatic carbocycles. The molecule has 3 nitrogen and oxygen atoms in total. The third kappa shape index (κ3) is 2.61. The van der Waals surface area contributed by atoms with Gasteiger partial charge in [-0.1, -0.05) is 20.8 Å². The maximum atomic E-state index is 12.5. The van der Waals surface area contributed by atoms with Crippen LogP contribution in [-0.4, -0.2) is 23.8 Å². The molecule has 0 N–H and O–H groups in total. The standard InChI is InChI=1S/C17H30O3/c1-6-16(4,5)15(18)20-17(7-2,8-3)13-11-12-9-10-14(13)19-12/h12-14H,6-11H2,1-5H3. The summed E-state index contributed by atoms with van der Waals surface area (Å²) in [5.74, 6) is 0.333. The zero-order valence-corrected chi connectivity index (χ0v) is 13.7. The Morgan fingerprint density at radius 2 is 1.80 bits per heavy atom. The van der Waals surface area contributed by atoms with Gasteiger partial charge in [0.15, 0.2) is 0 Å². The van der Waals surface area contributed by atoms with Crippen LogP contribution in [0, 0.1) is 11.3 Å². The molecule has 0 spiro atoms. The number of fused-ring (bicyclic) bond motifs is 2. The Labute approximate surface area is 123 Å². The van der Waals surface area contributed by atoms with Crippen molar-refractivity contribution in [1.82, 2.24) is 0 Å². The Kier molecular flexibility index (Phi) is 4.48. The number of hydrogen-bond donors (Lipinski definition) is 0. The predicted molar refractivity (Wildman–Crippen MR) is 79.5 cm³/mol. The fourth-order valence-electron chi connectivity index (χ4n) is 3.65. The van der Waals surface area contributed by atoms with Crippen LogP contribution in [0.2, 0.25) is 0 Å². The van der Waals surface area contributed by atoms with Crippen LogP contribution in [0.1, 0.15) is 73.1 Å². The van der Waals surface area contributed by atoms with E-state index < -0.39 is 5.41 Å². The van der Waals surface area contributed by atoms with Gasteiger partial charge in [-0.2, -0.15) is 0 Å². The van der Waals surface area contributed by atoms with Crippen molar-refractivity contribution >= 4 is 5.97 Å². The number of rotatable bonds is 6. The van der Waals surface area contributed by atoms with Gasteiger partial charge in [-0.05, 0) is 52.4 Å². The van der Waals surface area contributed by atoms with Crippen LogP contribution in [0.15, 0.2) is 0 Å². The first-order valence-corrected chi connectivity index (χ1v) is 8.27. The molecule has 3 unspecified atom stereocenters. The van der Waals surface area contributed by atoms with Gasteiger partial charge in [0, 0.05) is 5.92 Å². The smallest absolute Gasteiger partial charge is 0.312 e. The van der Waals surface area contributed by atoms with Gasteiger partial charge in [0.1, 0.15) is 5.60 Å². The van der Waals surface area contributed by atoms with E-state index in [9.17, 15) is 4.79 Å². The molecule has 20 heavy (non-hydrogen) atoms. The van der Waals surface area contributed by atoms with Crippen LogP contribution < -0.4 is 0 Å². The Hall–Kier alpha value is -0.570. The average molecular weight is 282 g/mol. The SMILES string of the molecule is CCC(C)(C)C(=O)OC(CC)(CC)C1CC2CCC1O2. The Morgan fingerprint density at radius 3 is 2.20 bits per heavy atom. The molecule has 2 aliphatic rings. The summed E-state index contributed by atoms with van der Waals surface area (Å²) in [4.78, 5) is 12.5. The monoisotopic (exact) mass is 282 g/mol. The number of ether oxygens (including phenoxy) is 2. The lowest BCUT2D eigenvalue weighted by Crippen LogP contribution is -2.48. The molecule has 2 rings (SSSR count). The molecule has 2 fully saturated rings. The lowest BCUT2D eigenvalue weighted by Gasteiger charge is -2.41. The van der Waals surface area contributed by atoms with Crippen molar-refractivity contribution in [3.8, 4) is 0 Å². The maximum Gasteiger partial charge on any atom is 0.312 e. The first kappa shape index (κ1) is 15.8. The zero-order chi connectivity index (χ0) is 15.0. The largest absolute Gasteiger partial charge is 0.458 e. The predicted octanol–water partition coefficient (Wildman–Crippen LogP) is 4.09. The number of carbonyl (C=O) groups is 1. The Bertz CT molecular complexity index is 357. The molecule has 2 heterocycles. The molecule has 0 aliphatic carbocycles. The van der Waals surface area contributed by atoms with Gasteiger partial charge in [-0.3, -0.25) is 4.79 Å². The molecule has 2 bridgehead atoms. The van der Waals surface area contributed by atoms with Crippen LogP contribution in [0.4, 0.5) is 0 Å². The second-order valence-corrected chi connectivity index (χ2v) is 7.11. The van der Waals surface area contributed by atoms with Gasteiger partial charge in [0.05, 0.1) is 17.6 Å². The fourth-order valence-corrected chi connectivity index (χ4v) is 3.65. The summed E-state index contributed by atoms with van der Waals surface area (Å²) in [6.45, 7) is 10.3. The Balaban J connectivity index is 2.15. The Morgan fingerprint density at radius 1 is 1.15 bits per heavy atom. The highest BCUT2D eigenvalue weighted by molar-refractivity contribution is 5.76. The minimum Gasteiger partial charge on any atom is -0.458 e. The minimum absolute atomic E-state index is 0.0496. The van der Waals surface area contributed by atoms with Gasteiger partial charge < -0.3 is 9.47 Å². The third-order valence-electron chi connectivity index (χ3n) is 5.71. The van der Waals surface area contributed by atoms with Crippen molar-refractivity contribution in [2.45, 2.75) is 91.0 Å². The normalized spacial score (nSPS) is 29.8. The molecule has 2 saturated heterocycles. The molecule has 0 aromatic rings. The molecule has 2 aliphatic heterocycles. The van der Waals surface area contributed by atoms with Crippen LogP contribution >= 0.6 is 0 Å². The minimum atomic E-state index is -0.395. The van der Waals surface area contributed by atoms with E-state index in [-0.39, 0.29) is 11.6 Å². The molecule has 3 atom stereocenters. The van der Waals surface area contributed by atoms with Crippen LogP contribution in [0.3, 0.4) is 0 Å². The molecule has 116 valence electrons. The fraction of sp³-hybridized carbons (Fsp3) is 0.941. The van der Waals surface area contributed by atoms with Gasteiger partial charge in [0.2, 0.25) is 0 Å². The zero-order valence-electron chi connectivity index (χ0n) is 13.7. The van der Waals surface area contributed by atoms with E-state index in [0.29, 0.717) is 18.1 Å². The molecule has 0 amide bonds. The second-order valence-electron chi connectivity index (χ2n) is 7.11. The summed E-state index contributed by atoms with van der Waals surface area (Å²) in [5.41, 5.74) is -0.725. The first-order chi connectivity index (χ1) is 9.38. The van der Waals surface area contributed by atoms with E-state index in [0.717, 1.165) is 32.1 Å². The lowest BCUT2D eigenvalue weighted by molar-refractivity contribution is -0.181. The maximum absolute atomic E-state index is 12.5. The highest BCUT2D eigenvalue weighted by Gasteiger charge is 2.53. The summed E-state index contributed by atoms with van der Waals surface area (Å²) in [6, 6.07) is 0. The van der Waals surface area contributed by atoms with Gasteiger partial charge in [-0.15, -0.1) is 0 Å².